The lowest BCUT2D eigenvalue weighted by Gasteiger charge is -2.24. The molecule has 2 rings (SSSR count). The second-order valence-corrected chi connectivity index (χ2v) is 7.24. The van der Waals surface area contributed by atoms with Crippen molar-refractivity contribution in [1.82, 2.24) is 0 Å². The van der Waals surface area contributed by atoms with Crippen molar-refractivity contribution < 1.29 is 28.5 Å². The number of halogens is 2. The predicted octanol–water partition coefficient (Wildman–Crippen LogP) is 2.54. The molecular weight excluding hydrogens is 380 g/mol. The molecule has 0 spiro atoms. The molecule has 2 aromatic rings. The number of hydrogen-bond donors (Lipinski definition) is 3. The van der Waals surface area contributed by atoms with Crippen molar-refractivity contribution in [2.24, 2.45) is 5.73 Å². The molecular formula is C22H23F2NO4. The Kier molecular flexibility index (Phi) is 6.96. The molecule has 0 fully saturated rings. The third-order valence-electron chi connectivity index (χ3n) is 4.46. The minimum Gasteiger partial charge on any atom is -0.493 e. The summed E-state index contributed by atoms with van der Waals surface area (Å²) in [7, 11) is 0. The number of aliphatic hydroxyl groups is 2. The Labute approximate surface area is 168 Å². The van der Waals surface area contributed by atoms with Crippen LogP contribution in [0.5, 0.6) is 5.75 Å². The fraction of sp³-hybridized carbons (Fsp3) is 0.318. The van der Waals surface area contributed by atoms with Gasteiger partial charge >= 0.3 is 0 Å². The van der Waals surface area contributed by atoms with Crippen LogP contribution in [0.1, 0.15) is 47.3 Å². The van der Waals surface area contributed by atoms with Crippen molar-refractivity contribution in [1.29, 1.82) is 0 Å². The first-order valence-corrected chi connectivity index (χ1v) is 8.93. The second-order valence-electron chi connectivity index (χ2n) is 7.24. The van der Waals surface area contributed by atoms with Crippen LogP contribution in [-0.2, 0) is 6.42 Å². The van der Waals surface area contributed by atoms with Crippen LogP contribution in [0.3, 0.4) is 0 Å². The van der Waals surface area contributed by atoms with Gasteiger partial charge in [0.2, 0.25) is 0 Å². The van der Waals surface area contributed by atoms with Gasteiger partial charge in [-0.2, -0.15) is 0 Å². The summed E-state index contributed by atoms with van der Waals surface area (Å²) in [6.07, 6.45) is 4.09. The number of carbonyl (C=O) groups is 1. The maximum Gasteiger partial charge on any atom is 0.252 e. The molecule has 0 radical (unpaired) electrons. The van der Waals surface area contributed by atoms with E-state index in [9.17, 15) is 23.8 Å². The second kappa shape index (κ2) is 9.03. The number of rotatable bonds is 8. The summed E-state index contributed by atoms with van der Waals surface area (Å²) in [6.45, 7) is 2.78. The lowest BCUT2D eigenvalue weighted by Crippen LogP contribution is -2.36. The highest BCUT2D eigenvalue weighted by molar-refractivity contribution is 5.97. The average molecular weight is 403 g/mol. The van der Waals surface area contributed by atoms with Crippen LogP contribution in [0.4, 0.5) is 8.78 Å². The van der Waals surface area contributed by atoms with E-state index in [1.165, 1.54) is 32.0 Å². The molecule has 0 aliphatic heterocycles. The van der Waals surface area contributed by atoms with Crippen LogP contribution in [0.2, 0.25) is 0 Å². The maximum absolute atomic E-state index is 14.3. The van der Waals surface area contributed by atoms with E-state index in [-0.39, 0.29) is 41.9 Å². The highest BCUT2D eigenvalue weighted by Crippen LogP contribution is 2.28. The van der Waals surface area contributed by atoms with Crippen LogP contribution < -0.4 is 10.5 Å². The van der Waals surface area contributed by atoms with Crippen LogP contribution >= 0.6 is 0 Å². The lowest BCUT2D eigenvalue weighted by molar-refractivity contribution is -0.0557. The van der Waals surface area contributed by atoms with Crippen LogP contribution in [0.25, 0.3) is 0 Å². The van der Waals surface area contributed by atoms with Gasteiger partial charge in [0.1, 0.15) is 17.4 Å². The molecule has 0 aliphatic rings. The zero-order valence-electron chi connectivity index (χ0n) is 16.2. The fourth-order valence-corrected chi connectivity index (χ4v) is 2.79. The van der Waals surface area contributed by atoms with E-state index < -0.39 is 29.2 Å². The van der Waals surface area contributed by atoms with Crippen molar-refractivity contribution in [3.63, 3.8) is 0 Å². The van der Waals surface area contributed by atoms with Crippen LogP contribution in [0, 0.1) is 24.0 Å². The number of benzene rings is 2. The summed E-state index contributed by atoms with van der Waals surface area (Å²) < 4.78 is 33.9. The standard InChI is InChI=1S/C22H23F2NO4/c1-4-13-5-6-14(17(24)9-13)10-15-11-16(23)12-18(20(15)21(25)27)29-8-7-19(26)22(2,3)28/h1,5-6,9,11-12,19,26,28H,7-8,10H2,2-3H3,(H2,25,27)/t19-/m1/s1. The Morgan fingerprint density at radius 2 is 1.97 bits per heavy atom. The monoisotopic (exact) mass is 403 g/mol. The van der Waals surface area contributed by atoms with Gasteiger partial charge < -0.3 is 20.7 Å². The zero-order valence-corrected chi connectivity index (χ0v) is 16.2. The van der Waals surface area contributed by atoms with Gasteiger partial charge in [-0.3, -0.25) is 4.79 Å². The number of hydrogen-bond acceptors (Lipinski definition) is 4. The molecule has 154 valence electrons. The summed E-state index contributed by atoms with van der Waals surface area (Å²) in [5.41, 5.74) is 4.75. The number of nitrogens with two attached hydrogens (primary N) is 1. The predicted molar refractivity (Wildman–Crippen MR) is 104 cm³/mol. The van der Waals surface area contributed by atoms with Gasteiger partial charge in [-0.15, -0.1) is 6.42 Å². The summed E-state index contributed by atoms with van der Waals surface area (Å²) in [5.74, 6) is 0.0619. The quantitative estimate of drug-likeness (QED) is 0.591. The number of aliphatic hydroxyl groups excluding tert-OH is 1. The van der Waals surface area contributed by atoms with E-state index in [1.54, 1.807) is 0 Å². The van der Waals surface area contributed by atoms with Gasteiger partial charge in [0.25, 0.3) is 5.91 Å². The van der Waals surface area contributed by atoms with Gasteiger partial charge in [-0.25, -0.2) is 8.78 Å². The molecule has 7 heteroatoms. The minimum absolute atomic E-state index is 0.0374. The van der Waals surface area contributed by atoms with Crippen molar-refractivity contribution in [3.05, 3.63) is 64.2 Å². The SMILES string of the molecule is C#Cc1ccc(Cc2cc(F)cc(OCC[C@@H](O)C(C)(C)O)c2C(N)=O)c(F)c1. The molecule has 0 aromatic heterocycles. The summed E-state index contributed by atoms with van der Waals surface area (Å²) in [5, 5.41) is 19.6. The summed E-state index contributed by atoms with van der Waals surface area (Å²) >= 11 is 0. The Balaban J connectivity index is 2.32. The highest BCUT2D eigenvalue weighted by atomic mass is 19.1. The molecule has 29 heavy (non-hydrogen) atoms. The van der Waals surface area contributed by atoms with Crippen LogP contribution in [-0.4, -0.2) is 34.4 Å². The first-order chi connectivity index (χ1) is 13.5. The third-order valence-corrected chi connectivity index (χ3v) is 4.46. The molecule has 0 aliphatic carbocycles. The first kappa shape index (κ1) is 22.3. The van der Waals surface area contributed by atoms with Gasteiger partial charge in [-0.05, 0) is 43.2 Å². The van der Waals surface area contributed by atoms with Crippen molar-refractivity contribution in [2.45, 2.75) is 38.4 Å². The Morgan fingerprint density at radius 3 is 2.52 bits per heavy atom. The largest absolute Gasteiger partial charge is 0.493 e. The van der Waals surface area contributed by atoms with Gasteiger partial charge in [0, 0.05) is 24.5 Å². The first-order valence-electron chi connectivity index (χ1n) is 8.93. The number of carbonyl (C=O) groups excluding carboxylic acids is 1. The molecule has 0 bridgehead atoms. The number of terminal acetylenes is 1. The van der Waals surface area contributed by atoms with Crippen LogP contribution in [0.15, 0.2) is 30.3 Å². The average Bonchev–Trinajstić information content (AvgIpc) is 2.61. The summed E-state index contributed by atoms with van der Waals surface area (Å²) in [4.78, 5) is 12.0. The molecule has 0 unspecified atom stereocenters. The molecule has 2 aromatic carbocycles. The molecule has 1 atom stereocenters. The number of primary amides is 1. The lowest BCUT2D eigenvalue weighted by atomic mass is 9.97. The van der Waals surface area contributed by atoms with Gasteiger partial charge in [0.05, 0.1) is 23.9 Å². The van der Waals surface area contributed by atoms with E-state index in [0.29, 0.717) is 5.56 Å². The van der Waals surface area contributed by atoms with Gasteiger partial charge in [-0.1, -0.05) is 12.0 Å². The van der Waals surface area contributed by atoms with E-state index >= 15 is 0 Å². The van der Waals surface area contributed by atoms with Crippen molar-refractivity contribution in [3.8, 4) is 18.1 Å². The number of amides is 1. The third kappa shape index (κ3) is 5.76. The van der Waals surface area contributed by atoms with E-state index in [1.807, 2.05) is 0 Å². The van der Waals surface area contributed by atoms with Crippen molar-refractivity contribution in [2.75, 3.05) is 6.61 Å². The van der Waals surface area contributed by atoms with E-state index in [0.717, 1.165) is 12.1 Å². The maximum atomic E-state index is 14.3. The van der Waals surface area contributed by atoms with Crippen molar-refractivity contribution >= 4 is 5.91 Å². The molecule has 0 saturated heterocycles. The Hall–Kier alpha value is -2.95. The van der Waals surface area contributed by atoms with E-state index in [4.69, 9.17) is 16.9 Å². The summed E-state index contributed by atoms with van der Waals surface area (Å²) in [6, 6.07) is 6.26. The molecule has 0 saturated carbocycles. The van der Waals surface area contributed by atoms with Gasteiger partial charge in [0.15, 0.2) is 0 Å². The topological polar surface area (TPSA) is 92.8 Å². The fourth-order valence-electron chi connectivity index (χ4n) is 2.79. The van der Waals surface area contributed by atoms with E-state index in [2.05, 4.69) is 5.92 Å². The molecule has 5 nitrogen and oxygen atoms in total. The molecule has 1 amide bonds. The zero-order chi connectivity index (χ0) is 21.8. The highest BCUT2D eigenvalue weighted by Gasteiger charge is 2.25. The number of ether oxygens (including phenoxy) is 1. The normalized spacial score (nSPS) is 12.3. The molecule has 4 N–H and O–H groups in total. The molecule has 0 heterocycles. The minimum atomic E-state index is -1.34. The Bertz CT molecular complexity index is 945. The smallest absolute Gasteiger partial charge is 0.252 e. The Morgan fingerprint density at radius 1 is 1.28 bits per heavy atom.